The van der Waals surface area contributed by atoms with Crippen LogP contribution in [0.5, 0.6) is 0 Å². The van der Waals surface area contributed by atoms with E-state index in [1.165, 1.54) is 24.3 Å². The van der Waals surface area contributed by atoms with Crippen LogP contribution < -0.4 is 5.11 Å². The molecule has 0 spiro atoms. The summed E-state index contributed by atoms with van der Waals surface area (Å²) < 4.78 is 0. The Labute approximate surface area is 68.7 Å². The highest BCUT2D eigenvalue weighted by atomic mass is 16.5. The Kier molecular flexibility index (Phi) is 2.42. The quantitative estimate of drug-likeness (QED) is 0.555. The normalized spacial score (nSPS) is 10.2. The van der Waals surface area contributed by atoms with Crippen molar-refractivity contribution in [3.63, 3.8) is 0 Å². The summed E-state index contributed by atoms with van der Waals surface area (Å²) in [6.07, 6.45) is -1.78. The molecule has 0 saturated carbocycles. The van der Waals surface area contributed by atoms with Crippen molar-refractivity contribution in [1.29, 1.82) is 0 Å². The van der Waals surface area contributed by atoms with Gasteiger partial charge in [-0.3, -0.25) is 0 Å². The largest absolute Gasteiger partial charge is 0.545 e. The molecule has 0 heterocycles. The molecule has 1 rings (SSSR count). The van der Waals surface area contributed by atoms with Crippen LogP contribution in [0.2, 0.25) is 0 Å². The Morgan fingerprint density at radius 2 is 1.92 bits per heavy atom. The van der Waals surface area contributed by atoms with Crippen molar-refractivity contribution in [1.82, 2.24) is 0 Å². The summed E-state index contributed by atoms with van der Waals surface area (Å²) in [5.41, 5.74) is -0.259. The van der Waals surface area contributed by atoms with Crippen LogP contribution in [0.1, 0.15) is 22.2 Å². The number of carboxylic acid groups (broad SMARTS) is 1. The topological polar surface area (TPSA) is 80.6 Å². The number of carbonyl (C=O) groups is 1. The number of aliphatic hydroxyl groups is 2. The van der Waals surface area contributed by atoms with Gasteiger partial charge in [0.2, 0.25) is 0 Å². The lowest BCUT2D eigenvalue weighted by atomic mass is 10.1. The number of benzene rings is 1. The average Bonchev–Trinajstić information content (AvgIpc) is 2.04. The second kappa shape index (κ2) is 3.34. The lowest BCUT2D eigenvalue weighted by molar-refractivity contribution is -0.255. The van der Waals surface area contributed by atoms with Gasteiger partial charge in [-0.05, 0) is 0 Å². The van der Waals surface area contributed by atoms with Gasteiger partial charge in [-0.2, -0.15) is 0 Å². The monoisotopic (exact) mass is 167 g/mol. The second-order valence-corrected chi connectivity index (χ2v) is 2.25. The summed E-state index contributed by atoms with van der Waals surface area (Å²) in [5.74, 6) is -1.42. The fourth-order valence-electron chi connectivity index (χ4n) is 0.908. The molecule has 0 fully saturated rings. The number of hydrogen-bond acceptors (Lipinski definition) is 4. The smallest absolute Gasteiger partial charge is 0.179 e. The molecule has 0 aliphatic heterocycles. The highest BCUT2D eigenvalue weighted by molar-refractivity contribution is 5.87. The molecule has 0 saturated heterocycles. The molecule has 0 radical (unpaired) electrons. The van der Waals surface area contributed by atoms with Gasteiger partial charge < -0.3 is 20.1 Å². The SMILES string of the molecule is O=C([O-])c1ccccc1C(O)O. The standard InChI is InChI=1S/C8H8O4/c9-7(10)5-3-1-2-4-6(5)8(11)12/h1-4,7,9-10H,(H,11,12)/p-1. The van der Waals surface area contributed by atoms with Gasteiger partial charge >= 0.3 is 0 Å². The molecule has 0 aliphatic rings. The van der Waals surface area contributed by atoms with Gasteiger partial charge in [0, 0.05) is 11.1 Å². The van der Waals surface area contributed by atoms with Gasteiger partial charge in [0.05, 0.1) is 5.97 Å². The summed E-state index contributed by atoms with van der Waals surface area (Å²) in [7, 11) is 0. The highest BCUT2D eigenvalue weighted by Gasteiger charge is 2.07. The van der Waals surface area contributed by atoms with E-state index < -0.39 is 12.3 Å². The predicted molar refractivity (Wildman–Crippen MR) is 38.0 cm³/mol. The van der Waals surface area contributed by atoms with Crippen LogP contribution in [-0.4, -0.2) is 16.2 Å². The Hall–Kier alpha value is -1.39. The molecular weight excluding hydrogens is 160 g/mol. The van der Waals surface area contributed by atoms with Crippen molar-refractivity contribution < 1.29 is 20.1 Å². The zero-order valence-electron chi connectivity index (χ0n) is 6.10. The number of rotatable bonds is 2. The minimum atomic E-state index is -1.78. The Balaban J connectivity index is 3.17. The van der Waals surface area contributed by atoms with Crippen molar-refractivity contribution in [2.75, 3.05) is 0 Å². The molecule has 64 valence electrons. The van der Waals surface area contributed by atoms with Gasteiger partial charge in [0.1, 0.15) is 0 Å². The van der Waals surface area contributed by atoms with E-state index in [1.807, 2.05) is 0 Å². The Bertz CT molecular complexity index is 293. The lowest BCUT2D eigenvalue weighted by Gasteiger charge is -2.10. The molecule has 0 aromatic heterocycles. The minimum Gasteiger partial charge on any atom is -0.545 e. The van der Waals surface area contributed by atoms with Gasteiger partial charge in [-0.1, -0.05) is 24.3 Å². The summed E-state index contributed by atoms with van der Waals surface area (Å²) in [6.45, 7) is 0. The maximum Gasteiger partial charge on any atom is 0.179 e. The van der Waals surface area contributed by atoms with E-state index in [1.54, 1.807) is 0 Å². The third-order valence-electron chi connectivity index (χ3n) is 1.46. The van der Waals surface area contributed by atoms with Crippen LogP contribution in [0.3, 0.4) is 0 Å². The van der Waals surface area contributed by atoms with E-state index in [2.05, 4.69) is 0 Å². The molecular formula is C8H7O4-. The van der Waals surface area contributed by atoms with Crippen molar-refractivity contribution in [3.05, 3.63) is 35.4 Å². The zero-order chi connectivity index (χ0) is 9.14. The minimum absolute atomic E-state index is 0.0579. The fourth-order valence-corrected chi connectivity index (χ4v) is 0.908. The lowest BCUT2D eigenvalue weighted by Crippen LogP contribution is -2.24. The molecule has 4 nitrogen and oxygen atoms in total. The van der Waals surface area contributed by atoms with Crippen LogP contribution >= 0.6 is 0 Å². The molecule has 0 amide bonds. The molecule has 0 bridgehead atoms. The van der Waals surface area contributed by atoms with E-state index in [0.717, 1.165) is 0 Å². The molecule has 4 heteroatoms. The number of hydrogen-bond donors (Lipinski definition) is 2. The summed E-state index contributed by atoms with van der Waals surface area (Å²) >= 11 is 0. The van der Waals surface area contributed by atoms with Crippen LogP contribution in [-0.2, 0) is 0 Å². The van der Waals surface area contributed by atoms with E-state index >= 15 is 0 Å². The van der Waals surface area contributed by atoms with E-state index in [4.69, 9.17) is 10.2 Å². The second-order valence-electron chi connectivity index (χ2n) is 2.25. The van der Waals surface area contributed by atoms with E-state index in [0.29, 0.717) is 0 Å². The van der Waals surface area contributed by atoms with E-state index in [-0.39, 0.29) is 11.1 Å². The van der Waals surface area contributed by atoms with Crippen molar-refractivity contribution in [2.45, 2.75) is 6.29 Å². The van der Waals surface area contributed by atoms with Crippen molar-refractivity contribution in [2.24, 2.45) is 0 Å². The van der Waals surface area contributed by atoms with Crippen LogP contribution in [0.4, 0.5) is 0 Å². The van der Waals surface area contributed by atoms with Gasteiger partial charge in [-0.25, -0.2) is 0 Å². The van der Waals surface area contributed by atoms with Crippen molar-refractivity contribution in [3.8, 4) is 0 Å². The Morgan fingerprint density at radius 3 is 2.33 bits per heavy atom. The molecule has 0 aliphatic carbocycles. The molecule has 12 heavy (non-hydrogen) atoms. The summed E-state index contributed by atoms with van der Waals surface area (Å²) in [6, 6.07) is 5.57. The molecule has 0 unspecified atom stereocenters. The van der Waals surface area contributed by atoms with Gasteiger partial charge in [-0.15, -0.1) is 0 Å². The first kappa shape index (κ1) is 8.70. The Morgan fingerprint density at radius 1 is 1.33 bits per heavy atom. The number of aromatic carboxylic acids is 1. The van der Waals surface area contributed by atoms with Gasteiger partial charge in [0.15, 0.2) is 6.29 Å². The number of carbonyl (C=O) groups excluding carboxylic acids is 1. The first-order chi connectivity index (χ1) is 5.63. The summed E-state index contributed by atoms with van der Waals surface area (Å²) in [4.78, 5) is 10.4. The molecule has 1 aromatic rings. The van der Waals surface area contributed by atoms with Crippen LogP contribution in [0.25, 0.3) is 0 Å². The first-order valence-electron chi connectivity index (χ1n) is 3.29. The maximum atomic E-state index is 10.4. The average molecular weight is 167 g/mol. The third kappa shape index (κ3) is 1.61. The van der Waals surface area contributed by atoms with Gasteiger partial charge in [0.25, 0.3) is 0 Å². The van der Waals surface area contributed by atoms with E-state index in [9.17, 15) is 9.90 Å². The molecule has 0 atom stereocenters. The number of aliphatic hydroxyl groups excluding tert-OH is 1. The van der Waals surface area contributed by atoms with Crippen molar-refractivity contribution >= 4 is 5.97 Å². The predicted octanol–water partition coefficient (Wildman–Crippen LogP) is -0.967. The summed E-state index contributed by atoms with van der Waals surface area (Å²) in [5, 5.41) is 27.8. The maximum absolute atomic E-state index is 10.4. The number of carboxylic acids is 1. The van der Waals surface area contributed by atoms with Crippen LogP contribution in [0, 0.1) is 0 Å². The first-order valence-corrected chi connectivity index (χ1v) is 3.29. The zero-order valence-corrected chi connectivity index (χ0v) is 6.10. The molecule has 2 N–H and O–H groups in total. The van der Waals surface area contributed by atoms with Crippen LogP contribution in [0.15, 0.2) is 24.3 Å². The highest BCUT2D eigenvalue weighted by Crippen LogP contribution is 2.14. The fraction of sp³-hybridized carbons (Fsp3) is 0.125. The molecule has 1 aromatic carbocycles. The third-order valence-corrected chi connectivity index (χ3v) is 1.46.